The number of likely N-dealkylation sites (N-methyl/N-ethyl adjacent to an activating group) is 1. The number of aliphatic hydroxyl groups excluding tert-OH is 1. The van der Waals surface area contributed by atoms with Crippen molar-refractivity contribution in [2.45, 2.75) is 32.5 Å². The van der Waals surface area contributed by atoms with Gasteiger partial charge < -0.3 is 14.7 Å². The third-order valence-electron chi connectivity index (χ3n) is 6.67. The van der Waals surface area contributed by atoms with E-state index in [1.165, 1.54) is 12.1 Å². The lowest BCUT2D eigenvalue weighted by molar-refractivity contribution is 0.0325. The molecule has 1 N–H and O–H groups in total. The predicted molar refractivity (Wildman–Crippen MR) is 144 cm³/mol. The summed E-state index contributed by atoms with van der Waals surface area (Å²) in [6, 6.07) is 17.8. The van der Waals surface area contributed by atoms with Crippen LogP contribution in [0, 0.1) is 11.7 Å². The molecule has 0 saturated carbocycles. The molecular weight excluding hydrogens is 469 g/mol. The number of nitrogens with zero attached hydrogens (tertiary/aromatic N) is 3. The predicted octanol–water partition coefficient (Wildman–Crippen LogP) is 4.74. The minimum absolute atomic E-state index is 0.0128. The van der Waals surface area contributed by atoms with E-state index < -0.39 is 0 Å². The van der Waals surface area contributed by atoms with E-state index >= 15 is 0 Å². The number of ether oxygens (including phenoxy) is 1. The van der Waals surface area contributed by atoms with Crippen LogP contribution >= 0.6 is 0 Å². The number of benzene rings is 2. The molecule has 0 fully saturated rings. The van der Waals surface area contributed by atoms with Crippen LogP contribution in [0.15, 0.2) is 66.9 Å². The molecular formula is C30H34FN3O3. The van der Waals surface area contributed by atoms with Crippen LogP contribution in [-0.2, 0) is 6.54 Å². The minimum atomic E-state index is -0.345. The van der Waals surface area contributed by atoms with Crippen molar-refractivity contribution in [2.24, 2.45) is 5.92 Å². The normalized spacial score (nSPS) is 18.9. The zero-order valence-corrected chi connectivity index (χ0v) is 21.5. The largest absolute Gasteiger partial charge is 0.472 e. The van der Waals surface area contributed by atoms with E-state index in [0.717, 1.165) is 16.7 Å². The van der Waals surface area contributed by atoms with Gasteiger partial charge >= 0.3 is 0 Å². The Labute approximate surface area is 218 Å². The Balaban J connectivity index is 1.60. The summed E-state index contributed by atoms with van der Waals surface area (Å²) in [6.07, 6.45) is 5.35. The SMILES string of the molecule is C[C@H](CO)N1C[C@H](C)[C@H](CN(C)Cc2ccc(F)cc2)Oc2ncc(/C=C/c3ccccc3)cc2C1=O. The third-order valence-corrected chi connectivity index (χ3v) is 6.67. The molecule has 0 saturated heterocycles. The van der Waals surface area contributed by atoms with Crippen LogP contribution in [0.5, 0.6) is 5.88 Å². The van der Waals surface area contributed by atoms with Crippen molar-refractivity contribution < 1.29 is 19.0 Å². The average Bonchev–Trinajstić information content (AvgIpc) is 2.91. The van der Waals surface area contributed by atoms with Crippen molar-refractivity contribution in [3.63, 3.8) is 0 Å². The molecule has 0 bridgehead atoms. The highest BCUT2D eigenvalue weighted by molar-refractivity contribution is 5.97. The van der Waals surface area contributed by atoms with Gasteiger partial charge in [0.15, 0.2) is 0 Å². The van der Waals surface area contributed by atoms with Crippen molar-refractivity contribution in [3.8, 4) is 5.88 Å². The fraction of sp³-hybridized carbons (Fsp3) is 0.333. The molecule has 1 aromatic heterocycles. The van der Waals surface area contributed by atoms with Gasteiger partial charge in [-0.2, -0.15) is 0 Å². The number of fused-ring (bicyclic) bond motifs is 1. The molecule has 37 heavy (non-hydrogen) atoms. The quantitative estimate of drug-likeness (QED) is 0.481. The standard InChI is InChI=1S/C30H34FN3O3/c1-21-17-34(22(2)20-35)30(36)27-15-25(10-9-23-7-5-4-6-8-23)16-32-29(27)37-28(21)19-33(3)18-24-11-13-26(31)14-12-24/h4-16,21-22,28,35H,17-20H2,1-3H3/b10-9+/t21-,22+,28-/m0/s1. The van der Waals surface area contributed by atoms with Gasteiger partial charge in [0.2, 0.25) is 5.88 Å². The van der Waals surface area contributed by atoms with Crippen LogP contribution in [-0.4, -0.2) is 64.7 Å². The van der Waals surface area contributed by atoms with E-state index in [1.54, 1.807) is 29.3 Å². The Hall–Kier alpha value is -3.55. The third kappa shape index (κ3) is 6.81. The molecule has 0 aliphatic carbocycles. The molecule has 3 atom stereocenters. The Morgan fingerprint density at radius 3 is 2.57 bits per heavy atom. The van der Waals surface area contributed by atoms with Crippen LogP contribution in [0.3, 0.4) is 0 Å². The van der Waals surface area contributed by atoms with Crippen LogP contribution in [0.1, 0.15) is 40.9 Å². The summed E-state index contributed by atoms with van der Waals surface area (Å²) < 4.78 is 19.7. The van der Waals surface area contributed by atoms with Crippen LogP contribution in [0.25, 0.3) is 12.2 Å². The van der Waals surface area contributed by atoms with E-state index in [0.29, 0.717) is 31.1 Å². The lowest BCUT2D eigenvalue weighted by Gasteiger charge is -2.37. The molecule has 1 aliphatic heterocycles. The zero-order chi connectivity index (χ0) is 26.4. The first-order chi connectivity index (χ1) is 17.8. The summed E-state index contributed by atoms with van der Waals surface area (Å²) in [4.78, 5) is 22.0. The first kappa shape index (κ1) is 26.5. The highest BCUT2D eigenvalue weighted by Gasteiger charge is 2.34. The highest BCUT2D eigenvalue weighted by atomic mass is 19.1. The number of hydrogen-bond acceptors (Lipinski definition) is 5. The van der Waals surface area contributed by atoms with Gasteiger partial charge in [0.05, 0.1) is 12.6 Å². The molecule has 194 valence electrons. The summed E-state index contributed by atoms with van der Waals surface area (Å²) in [7, 11) is 1.99. The molecule has 3 aromatic rings. The van der Waals surface area contributed by atoms with Gasteiger partial charge in [-0.15, -0.1) is 0 Å². The number of carbonyl (C=O) groups excluding carboxylic acids is 1. The second-order valence-electron chi connectivity index (χ2n) is 9.81. The van der Waals surface area contributed by atoms with Crippen molar-refractivity contribution in [1.29, 1.82) is 0 Å². The summed E-state index contributed by atoms with van der Waals surface area (Å²) in [5.74, 6) is -0.180. The van der Waals surface area contributed by atoms with Crippen molar-refractivity contribution in [2.75, 3.05) is 26.7 Å². The lowest BCUT2D eigenvalue weighted by Crippen LogP contribution is -2.49. The molecule has 0 spiro atoms. The fourth-order valence-corrected chi connectivity index (χ4v) is 4.46. The smallest absolute Gasteiger partial charge is 0.259 e. The van der Waals surface area contributed by atoms with Gasteiger partial charge in [0.25, 0.3) is 5.91 Å². The van der Waals surface area contributed by atoms with Gasteiger partial charge in [0.1, 0.15) is 17.5 Å². The average molecular weight is 504 g/mol. The van der Waals surface area contributed by atoms with Gasteiger partial charge in [-0.3, -0.25) is 9.69 Å². The number of hydrogen-bond donors (Lipinski definition) is 1. The molecule has 0 radical (unpaired) electrons. The highest BCUT2D eigenvalue weighted by Crippen LogP contribution is 2.28. The molecule has 4 rings (SSSR count). The Bertz CT molecular complexity index is 1220. The molecule has 2 aromatic carbocycles. The van der Waals surface area contributed by atoms with E-state index in [1.807, 2.05) is 63.4 Å². The van der Waals surface area contributed by atoms with E-state index in [4.69, 9.17) is 4.74 Å². The number of aromatic nitrogens is 1. The zero-order valence-electron chi connectivity index (χ0n) is 21.5. The maximum absolute atomic E-state index is 13.6. The van der Waals surface area contributed by atoms with Crippen LogP contribution in [0.2, 0.25) is 0 Å². The van der Waals surface area contributed by atoms with E-state index in [9.17, 15) is 14.3 Å². The maximum atomic E-state index is 13.6. The molecule has 7 heteroatoms. The lowest BCUT2D eigenvalue weighted by atomic mass is 9.99. The van der Waals surface area contributed by atoms with Crippen LogP contribution < -0.4 is 4.74 Å². The molecule has 0 unspecified atom stereocenters. The van der Waals surface area contributed by atoms with Gasteiger partial charge in [-0.05, 0) is 48.9 Å². The fourth-order valence-electron chi connectivity index (χ4n) is 4.46. The number of pyridine rings is 1. The Kier molecular flexibility index (Phi) is 8.69. The number of rotatable bonds is 8. The molecule has 1 aliphatic rings. The summed E-state index contributed by atoms with van der Waals surface area (Å²) >= 11 is 0. The van der Waals surface area contributed by atoms with E-state index in [-0.39, 0.29) is 36.4 Å². The summed E-state index contributed by atoms with van der Waals surface area (Å²) in [5.41, 5.74) is 3.22. The number of carbonyl (C=O) groups is 1. The van der Waals surface area contributed by atoms with Gasteiger partial charge in [0, 0.05) is 31.7 Å². The van der Waals surface area contributed by atoms with Crippen molar-refractivity contribution in [3.05, 3.63) is 94.9 Å². The Morgan fingerprint density at radius 1 is 1.16 bits per heavy atom. The monoisotopic (exact) mass is 503 g/mol. The minimum Gasteiger partial charge on any atom is -0.472 e. The van der Waals surface area contributed by atoms with E-state index in [2.05, 4.69) is 9.88 Å². The van der Waals surface area contributed by atoms with Gasteiger partial charge in [-0.25, -0.2) is 9.37 Å². The van der Waals surface area contributed by atoms with Crippen molar-refractivity contribution >= 4 is 18.1 Å². The Morgan fingerprint density at radius 2 is 1.86 bits per heavy atom. The molecule has 6 nitrogen and oxygen atoms in total. The second-order valence-corrected chi connectivity index (χ2v) is 9.81. The molecule has 2 heterocycles. The van der Waals surface area contributed by atoms with Crippen LogP contribution in [0.4, 0.5) is 4.39 Å². The number of halogens is 1. The number of amides is 1. The maximum Gasteiger partial charge on any atom is 0.259 e. The molecule has 1 amide bonds. The van der Waals surface area contributed by atoms with Gasteiger partial charge in [-0.1, -0.05) is 61.5 Å². The summed E-state index contributed by atoms with van der Waals surface area (Å²) in [6.45, 7) is 5.42. The first-order valence-corrected chi connectivity index (χ1v) is 12.6. The number of aliphatic hydroxyl groups is 1. The van der Waals surface area contributed by atoms with Crippen molar-refractivity contribution in [1.82, 2.24) is 14.8 Å². The second kappa shape index (κ2) is 12.1. The summed E-state index contributed by atoms with van der Waals surface area (Å²) in [5, 5.41) is 9.87. The first-order valence-electron chi connectivity index (χ1n) is 12.6. The topological polar surface area (TPSA) is 65.9 Å².